The highest BCUT2D eigenvalue weighted by Gasteiger charge is 2.18. The summed E-state index contributed by atoms with van der Waals surface area (Å²) in [6.07, 6.45) is 0. The summed E-state index contributed by atoms with van der Waals surface area (Å²) in [6, 6.07) is 12.0. The molecule has 0 radical (unpaired) electrons. The third kappa shape index (κ3) is 2.36. The molecule has 2 rings (SSSR count). The summed E-state index contributed by atoms with van der Waals surface area (Å²) in [6.45, 7) is 7.98. The van der Waals surface area contributed by atoms with Gasteiger partial charge in [0.15, 0.2) is 0 Å². The van der Waals surface area contributed by atoms with Gasteiger partial charge in [-0.1, -0.05) is 36.4 Å². The molecule has 0 aliphatic heterocycles. The van der Waals surface area contributed by atoms with E-state index in [0.29, 0.717) is 0 Å². The van der Waals surface area contributed by atoms with Crippen LogP contribution < -0.4 is 5.01 Å². The van der Waals surface area contributed by atoms with Crippen LogP contribution in [0.4, 0.5) is 11.4 Å². The molecule has 3 heteroatoms. The Morgan fingerprint density at radius 3 is 1.32 bits per heavy atom. The lowest BCUT2D eigenvalue weighted by molar-refractivity contribution is 1.03. The van der Waals surface area contributed by atoms with E-state index < -0.39 is 0 Å². The van der Waals surface area contributed by atoms with Crippen LogP contribution in [-0.4, -0.2) is 0 Å². The molecule has 19 heavy (non-hydrogen) atoms. The fourth-order valence-electron chi connectivity index (χ4n) is 2.47. The van der Waals surface area contributed by atoms with Crippen molar-refractivity contribution in [3.63, 3.8) is 0 Å². The monoisotopic (exact) mass is 254 g/mol. The third-order valence-corrected chi connectivity index (χ3v) is 3.38. The molecule has 2 aromatic carbocycles. The first-order valence-corrected chi connectivity index (χ1v) is 6.32. The topological polar surface area (TPSA) is 32.7 Å². The molecular weight excluding hydrogens is 236 g/mol. The zero-order chi connectivity index (χ0) is 14.0. The molecule has 0 saturated carbocycles. The second-order valence-corrected chi connectivity index (χ2v) is 4.87. The fourth-order valence-corrected chi connectivity index (χ4v) is 2.47. The molecule has 0 fully saturated rings. The highest BCUT2D eigenvalue weighted by molar-refractivity contribution is 5.73. The van der Waals surface area contributed by atoms with E-state index in [1.165, 1.54) is 5.01 Å². The number of hydrogen-bond acceptors (Lipinski definition) is 2. The van der Waals surface area contributed by atoms with Crippen LogP contribution in [0.5, 0.6) is 0 Å². The number of aryl methyl sites for hydroxylation is 4. The smallest absolute Gasteiger partial charge is 0.0743 e. The lowest BCUT2D eigenvalue weighted by Crippen LogP contribution is -2.13. The van der Waals surface area contributed by atoms with Crippen LogP contribution in [0.15, 0.2) is 41.7 Å². The van der Waals surface area contributed by atoms with Crippen LogP contribution in [0.3, 0.4) is 0 Å². The summed E-state index contributed by atoms with van der Waals surface area (Å²) in [4.78, 5) is 11.4. The predicted octanol–water partition coefficient (Wildman–Crippen LogP) is 4.74. The van der Waals surface area contributed by atoms with Gasteiger partial charge < -0.3 is 0 Å². The molecule has 98 valence electrons. The Labute approximate surface area is 113 Å². The molecule has 0 aromatic heterocycles. The van der Waals surface area contributed by atoms with Gasteiger partial charge in [0.1, 0.15) is 0 Å². The van der Waals surface area contributed by atoms with E-state index in [0.717, 1.165) is 33.6 Å². The van der Waals surface area contributed by atoms with Gasteiger partial charge >= 0.3 is 0 Å². The standard InChI is InChI=1S/C16H18N2O/c1-11-7-5-8-12(2)15(11)18(17-19)16-13(3)9-6-10-14(16)4/h5-10H,1-4H3. The Bertz CT molecular complexity index is 528. The molecule has 0 spiro atoms. The number of para-hydroxylation sites is 2. The van der Waals surface area contributed by atoms with Gasteiger partial charge in [0.05, 0.1) is 16.7 Å². The minimum Gasteiger partial charge on any atom is -0.196 e. The average molecular weight is 254 g/mol. The highest BCUT2D eigenvalue weighted by atomic mass is 16.3. The first-order chi connectivity index (χ1) is 9.06. The van der Waals surface area contributed by atoms with Gasteiger partial charge in [-0.15, -0.1) is 4.91 Å². The van der Waals surface area contributed by atoms with Gasteiger partial charge in [0.2, 0.25) is 0 Å². The van der Waals surface area contributed by atoms with Gasteiger partial charge in [-0.2, -0.15) is 5.01 Å². The highest BCUT2D eigenvalue weighted by Crippen LogP contribution is 2.35. The Balaban J connectivity index is 2.67. The maximum Gasteiger partial charge on any atom is 0.0743 e. The molecule has 0 amide bonds. The second-order valence-electron chi connectivity index (χ2n) is 4.87. The Kier molecular flexibility index (Phi) is 3.65. The quantitative estimate of drug-likeness (QED) is 0.585. The van der Waals surface area contributed by atoms with Crippen molar-refractivity contribution in [2.75, 3.05) is 5.01 Å². The second kappa shape index (κ2) is 5.22. The molecule has 0 heterocycles. The minimum absolute atomic E-state index is 0.870. The van der Waals surface area contributed by atoms with E-state index in [1.54, 1.807) is 0 Å². The molecule has 0 aliphatic rings. The van der Waals surface area contributed by atoms with Gasteiger partial charge in [-0.05, 0) is 49.9 Å². The SMILES string of the molecule is Cc1cccc(C)c1N(N=O)c1c(C)cccc1C. The van der Waals surface area contributed by atoms with E-state index in [2.05, 4.69) is 5.29 Å². The van der Waals surface area contributed by atoms with Gasteiger partial charge in [0, 0.05) is 0 Å². The lowest BCUT2D eigenvalue weighted by Gasteiger charge is -2.23. The predicted molar refractivity (Wildman–Crippen MR) is 79.8 cm³/mol. The van der Waals surface area contributed by atoms with Crippen LogP contribution in [0.25, 0.3) is 0 Å². The number of rotatable bonds is 3. The number of nitrogens with zero attached hydrogens (tertiary/aromatic N) is 2. The fraction of sp³-hybridized carbons (Fsp3) is 0.250. The minimum atomic E-state index is 0.870. The molecule has 0 aliphatic carbocycles. The zero-order valence-corrected chi connectivity index (χ0v) is 11.8. The van der Waals surface area contributed by atoms with Crippen molar-refractivity contribution < 1.29 is 0 Å². The van der Waals surface area contributed by atoms with Crippen molar-refractivity contribution in [3.8, 4) is 0 Å². The largest absolute Gasteiger partial charge is 0.196 e. The molecule has 0 bridgehead atoms. The molecule has 0 atom stereocenters. The maximum absolute atomic E-state index is 11.4. The van der Waals surface area contributed by atoms with E-state index in [-0.39, 0.29) is 0 Å². The molecule has 0 N–H and O–H groups in total. The summed E-state index contributed by atoms with van der Waals surface area (Å²) in [7, 11) is 0. The average Bonchev–Trinajstić information content (AvgIpc) is 2.36. The van der Waals surface area contributed by atoms with Crippen LogP contribution in [0.1, 0.15) is 22.3 Å². The van der Waals surface area contributed by atoms with Crippen molar-refractivity contribution in [1.29, 1.82) is 0 Å². The number of anilines is 2. The molecule has 2 aromatic rings. The third-order valence-electron chi connectivity index (χ3n) is 3.38. The molecule has 0 saturated heterocycles. The van der Waals surface area contributed by atoms with Crippen LogP contribution >= 0.6 is 0 Å². The lowest BCUT2D eigenvalue weighted by atomic mass is 10.0. The van der Waals surface area contributed by atoms with Crippen LogP contribution in [0.2, 0.25) is 0 Å². The molecular formula is C16H18N2O. The molecule has 3 nitrogen and oxygen atoms in total. The van der Waals surface area contributed by atoms with E-state index >= 15 is 0 Å². The van der Waals surface area contributed by atoms with Crippen LogP contribution in [-0.2, 0) is 0 Å². The zero-order valence-electron chi connectivity index (χ0n) is 11.8. The van der Waals surface area contributed by atoms with Gasteiger partial charge in [-0.3, -0.25) is 0 Å². The normalized spacial score (nSPS) is 10.3. The van der Waals surface area contributed by atoms with Gasteiger partial charge in [-0.25, -0.2) is 0 Å². The summed E-state index contributed by atoms with van der Waals surface area (Å²) in [5, 5.41) is 4.76. The Hall–Kier alpha value is -2.16. The van der Waals surface area contributed by atoms with E-state index in [9.17, 15) is 4.91 Å². The van der Waals surface area contributed by atoms with Crippen molar-refractivity contribution in [2.45, 2.75) is 27.7 Å². The van der Waals surface area contributed by atoms with Gasteiger partial charge in [0.25, 0.3) is 0 Å². The van der Waals surface area contributed by atoms with Crippen molar-refractivity contribution in [2.24, 2.45) is 5.29 Å². The number of benzene rings is 2. The molecule has 0 unspecified atom stereocenters. The van der Waals surface area contributed by atoms with E-state index in [4.69, 9.17) is 0 Å². The number of nitroso groups, excluding NO2 is 1. The summed E-state index contributed by atoms with van der Waals surface area (Å²) in [5.74, 6) is 0. The first-order valence-electron chi connectivity index (χ1n) is 6.32. The van der Waals surface area contributed by atoms with Crippen molar-refractivity contribution in [3.05, 3.63) is 63.6 Å². The van der Waals surface area contributed by atoms with Crippen molar-refractivity contribution in [1.82, 2.24) is 0 Å². The summed E-state index contributed by atoms with van der Waals surface area (Å²) >= 11 is 0. The summed E-state index contributed by atoms with van der Waals surface area (Å²) in [5.41, 5.74) is 5.92. The maximum atomic E-state index is 11.4. The van der Waals surface area contributed by atoms with Crippen molar-refractivity contribution >= 4 is 11.4 Å². The number of hydrogen-bond donors (Lipinski definition) is 0. The summed E-state index contributed by atoms with van der Waals surface area (Å²) < 4.78 is 0. The Morgan fingerprint density at radius 2 is 1.05 bits per heavy atom. The van der Waals surface area contributed by atoms with Crippen LogP contribution in [0, 0.1) is 32.6 Å². The Morgan fingerprint density at radius 1 is 0.737 bits per heavy atom. The van der Waals surface area contributed by atoms with E-state index in [1.807, 2.05) is 64.1 Å². The first kappa shape index (κ1) is 13.3.